The Morgan fingerprint density at radius 1 is 1.19 bits per heavy atom. The van der Waals surface area contributed by atoms with E-state index in [2.05, 4.69) is 9.89 Å². The lowest BCUT2D eigenvalue weighted by Gasteiger charge is -2.28. The molecule has 138 valence electrons. The number of anilines is 1. The number of hydrogen-bond acceptors (Lipinski definition) is 6. The van der Waals surface area contributed by atoms with Gasteiger partial charge in [-0.1, -0.05) is 6.07 Å². The Morgan fingerprint density at radius 3 is 2.73 bits per heavy atom. The van der Waals surface area contributed by atoms with Gasteiger partial charge >= 0.3 is 0 Å². The molecule has 2 aromatic heterocycles. The normalized spacial score (nSPS) is 23.1. The quantitative estimate of drug-likeness (QED) is 0.756. The molecular formula is C18H22N4O3S. The minimum Gasteiger partial charge on any atom is -0.356 e. The lowest BCUT2D eigenvalue weighted by Crippen LogP contribution is -2.34. The van der Waals surface area contributed by atoms with Crippen LogP contribution in [-0.4, -0.2) is 54.7 Å². The van der Waals surface area contributed by atoms with Crippen LogP contribution < -0.4 is 10.5 Å². The summed E-state index contributed by atoms with van der Waals surface area (Å²) in [6.07, 6.45) is 7.10. The second-order valence-electron chi connectivity index (χ2n) is 6.97. The molecule has 0 aromatic carbocycles. The number of rotatable bonds is 3. The fourth-order valence-corrected chi connectivity index (χ4v) is 5.26. The van der Waals surface area contributed by atoms with Crippen LogP contribution >= 0.6 is 0 Å². The molecule has 0 aliphatic carbocycles. The summed E-state index contributed by atoms with van der Waals surface area (Å²) in [5.74, 6) is 0.888. The average molecular weight is 374 g/mol. The van der Waals surface area contributed by atoms with Crippen LogP contribution in [-0.2, 0) is 9.84 Å². The first-order valence-electron chi connectivity index (χ1n) is 9.03. The van der Waals surface area contributed by atoms with Crippen molar-refractivity contribution in [1.29, 1.82) is 0 Å². The maximum Gasteiger partial charge on any atom is 0.268 e. The molecule has 0 saturated carbocycles. The molecule has 1 atom stereocenters. The van der Waals surface area contributed by atoms with Crippen molar-refractivity contribution in [2.75, 3.05) is 29.5 Å². The third-order valence-electron chi connectivity index (χ3n) is 5.03. The smallest absolute Gasteiger partial charge is 0.268 e. The molecule has 2 fully saturated rings. The molecular weight excluding hydrogens is 352 g/mol. The first-order valence-corrected chi connectivity index (χ1v) is 10.9. The molecule has 4 heterocycles. The van der Waals surface area contributed by atoms with Gasteiger partial charge in [-0.25, -0.2) is 13.4 Å². The zero-order valence-corrected chi connectivity index (χ0v) is 15.4. The van der Waals surface area contributed by atoms with Crippen LogP contribution in [0.15, 0.2) is 34.2 Å². The second-order valence-corrected chi connectivity index (χ2v) is 9.19. The third-order valence-corrected chi connectivity index (χ3v) is 6.78. The molecule has 0 N–H and O–H groups in total. The van der Waals surface area contributed by atoms with Crippen molar-refractivity contribution in [3.8, 4) is 0 Å². The molecule has 2 aliphatic rings. The van der Waals surface area contributed by atoms with Gasteiger partial charge in [0, 0.05) is 25.5 Å². The zero-order valence-electron chi connectivity index (χ0n) is 14.5. The standard InChI is InChI=1S/C18H22N4O3S/c23-18-15(12-19-14-7-11-26(24,25)13-14)17(21-8-3-1-4-9-21)20-16-6-2-5-10-22(16)18/h2,5-6,10,12,14H,1,3-4,7-9,11,13H2. The van der Waals surface area contributed by atoms with Crippen LogP contribution in [0.5, 0.6) is 0 Å². The summed E-state index contributed by atoms with van der Waals surface area (Å²) in [6, 6.07) is 5.20. The van der Waals surface area contributed by atoms with E-state index in [1.54, 1.807) is 18.5 Å². The first kappa shape index (κ1) is 17.2. The number of piperidine rings is 1. The minimum absolute atomic E-state index is 0.0604. The molecule has 0 amide bonds. The predicted molar refractivity (Wildman–Crippen MR) is 102 cm³/mol. The van der Waals surface area contributed by atoms with Gasteiger partial charge in [-0.05, 0) is 37.8 Å². The number of nitrogens with zero attached hydrogens (tertiary/aromatic N) is 4. The Balaban J connectivity index is 1.78. The van der Waals surface area contributed by atoms with E-state index in [1.807, 2.05) is 12.1 Å². The highest BCUT2D eigenvalue weighted by atomic mass is 32.2. The number of aliphatic imine (C=N–C) groups is 1. The van der Waals surface area contributed by atoms with Gasteiger partial charge in [0.15, 0.2) is 9.84 Å². The van der Waals surface area contributed by atoms with E-state index in [4.69, 9.17) is 4.98 Å². The van der Waals surface area contributed by atoms with Crippen LogP contribution in [0.4, 0.5) is 5.82 Å². The summed E-state index contributed by atoms with van der Waals surface area (Å²) in [7, 11) is -3.00. The van der Waals surface area contributed by atoms with E-state index in [-0.39, 0.29) is 23.1 Å². The van der Waals surface area contributed by atoms with Gasteiger partial charge in [-0.3, -0.25) is 14.2 Å². The van der Waals surface area contributed by atoms with Crippen LogP contribution in [0, 0.1) is 0 Å². The molecule has 0 radical (unpaired) electrons. The fourth-order valence-electron chi connectivity index (χ4n) is 3.62. The van der Waals surface area contributed by atoms with Crippen LogP contribution in [0.1, 0.15) is 31.2 Å². The lowest BCUT2D eigenvalue weighted by molar-refractivity contribution is 0.573. The molecule has 8 heteroatoms. The van der Waals surface area contributed by atoms with Gasteiger partial charge in [0.2, 0.25) is 0 Å². The number of sulfone groups is 1. The van der Waals surface area contributed by atoms with Crippen LogP contribution in [0.25, 0.3) is 5.65 Å². The van der Waals surface area contributed by atoms with E-state index in [9.17, 15) is 13.2 Å². The molecule has 7 nitrogen and oxygen atoms in total. The highest BCUT2D eigenvalue weighted by molar-refractivity contribution is 7.91. The third kappa shape index (κ3) is 3.38. The largest absolute Gasteiger partial charge is 0.356 e. The summed E-state index contributed by atoms with van der Waals surface area (Å²) in [5.41, 5.74) is 0.888. The maximum atomic E-state index is 13.0. The topological polar surface area (TPSA) is 84.1 Å². The Morgan fingerprint density at radius 2 is 2.00 bits per heavy atom. The Bertz CT molecular complexity index is 1010. The monoisotopic (exact) mass is 374 g/mol. The first-order chi connectivity index (χ1) is 12.5. The van der Waals surface area contributed by atoms with Crippen molar-refractivity contribution < 1.29 is 8.42 Å². The molecule has 26 heavy (non-hydrogen) atoms. The molecule has 0 bridgehead atoms. The Hall–Kier alpha value is -2.22. The van der Waals surface area contributed by atoms with Crippen LogP contribution in [0.2, 0.25) is 0 Å². The number of pyridine rings is 1. The van der Waals surface area contributed by atoms with Gasteiger partial charge in [0.25, 0.3) is 5.56 Å². The van der Waals surface area contributed by atoms with Crippen molar-refractivity contribution in [3.05, 3.63) is 40.3 Å². The van der Waals surface area contributed by atoms with Crippen molar-refractivity contribution in [2.45, 2.75) is 31.7 Å². The zero-order chi connectivity index (χ0) is 18.1. The summed E-state index contributed by atoms with van der Waals surface area (Å²) < 4.78 is 24.8. The minimum atomic E-state index is -3.00. The van der Waals surface area contributed by atoms with Gasteiger partial charge in [0.05, 0.1) is 17.5 Å². The van der Waals surface area contributed by atoms with Gasteiger partial charge in [-0.2, -0.15) is 0 Å². The van der Waals surface area contributed by atoms with Crippen LogP contribution in [0.3, 0.4) is 0 Å². The molecule has 1 unspecified atom stereocenters. The fraction of sp³-hybridized carbons (Fsp3) is 0.500. The van der Waals surface area contributed by atoms with Gasteiger partial charge in [0.1, 0.15) is 17.0 Å². The molecule has 2 saturated heterocycles. The van der Waals surface area contributed by atoms with E-state index in [1.165, 1.54) is 10.8 Å². The molecule has 2 aliphatic heterocycles. The van der Waals surface area contributed by atoms with Crippen molar-refractivity contribution >= 4 is 27.5 Å². The molecule has 2 aromatic rings. The van der Waals surface area contributed by atoms with E-state index in [0.717, 1.165) is 25.9 Å². The van der Waals surface area contributed by atoms with E-state index < -0.39 is 9.84 Å². The van der Waals surface area contributed by atoms with Crippen molar-refractivity contribution in [2.24, 2.45) is 4.99 Å². The summed E-state index contributed by atoms with van der Waals surface area (Å²) >= 11 is 0. The number of fused-ring (bicyclic) bond motifs is 1. The highest BCUT2D eigenvalue weighted by Gasteiger charge is 2.27. The number of hydrogen-bond donors (Lipinski definition) is 0. The van der Waals surface area contributed by atoms with E-state index >= 15 is 0 Å². The second kappa shape index (κ2) is 6.83. The maximum absolute atomic E-state index is 13.0. The summed E-state index contributed by atoms with van der Waals surface area (Å²) in [4.78, 5) is 24.3. The lowest BCUT2D eigenvalue weighted by atomic mass is 10.1. The van der Waals surface area contributed by atoms with Gasteiger partial charge in [-0.15, -0.1) is 0 Å². The Labute approximate surface area is 152 Å². The Kier molecular flexibility index (Phi) is 4.52. The number of aromatic nitrogens is 2. The summed E-state index contributed by atoms with van der Waals surface area (Å²) in [5, 5.41) is 0. The average Bonchev–Trinajstić information content (AvgIpc) is 3.00. The van der Waals surface area contributed by atoms with Crippen molar-refractivity contribution in [1.82, 2.24) is 9.38 Å². The SMILES string of the molecule is O=c1c(C=NC2CCS(=O)(=O)C2)c(N2CCCCC2)nc2ccccn12. The molecule has 0 spiro atoms. The van der Waals surface area contributed by atoms with Gasteiger partial charge < -0.3 is 4.90 Å². The molecule has 4 rings (SSSR count). The van der Waals surface area contributed by atoms with E-state index in [0.29, 0.717) is 23.4 Å². The van der Waals surface area contributed by atoms with Crippen molar-refractivity contribution in [3.63, 3.8) is 0 Å². The highest BCUT2D eigenvalue weighted by Crippen LogP contribution is 2.21. The predicted octanol–water partition coefficient (Wildman–Crippen LogP) is 1.29. The summed E-state index contributed by atoms with van der Waals surface area (Å²) in [6.45, 7) is 1.74.